The van der Waals surface area contributed by atoms with Crippen molar-refractivity contribution in [1.29, 1.82) is 5.26 Å². The van der Waals surface area contributed by atoms with E-state index < -0.39 is 0 Å². The van der Waals surface area contributed by atoms with Gasteiger partial charge in [0.25, 0.3) is 0 Å². The number of pyridine rings is 1. The molecule has 0 saturated heterocycles. The second kappa shape index (κ2) is 11.1. The van der Waals surface area contributed by atoms with E-state index in [1.54, 1.807) is 0 Å². The Kier molecular flexibility index (Phi) is 6.50. The Hall–Kier alpha value is -6.44. The van der Waals surface area contributed by atoms with Crippen LogP contribution in [0.5, 0.6) is 11.5 Å². The van der Waals surface area contributed by atoms with Gasteiger partial charge in [0.1, 0.15) is 11.5 Å². The molecule has 232 valence electrons. The highest BCUT2D eigenvalue weighted by Crippen LogP contribution is 2.50. The van der Waals surface area contributed by atoms with Crippen LogP contribution in [0, 0.1) is 11.3 Å². The summed E-state index contributed by atoms with van der Waals surface area (Å²) in [4.78, 5) is 4.49. The second-order valence-corrected chi connectivity index (χ2v) is 13.2. The minimum absolute atomic E-state index is 0.233. The summed E-state index contributed by atoms with van der Waals surface area (Å²) in [6.07, 6.45) is 1.82. The van der Waals surface area contributed by atoms with Gasteiger partial charge in [-0.25, -0.2) is 0 Å². The molecule has 49 heavy (non-hydrogen) atoms. The molecule has 0 atom stereocenters. The molecule has 0 aliphatic carbocycles. The highest BCUT2D eigenvalue weighted by Gasteiger charge is 2.34. The summed E-state index contributed by atoms with van der Waals surface area (Å²) in [5.41, 5.74) is 12.5. The Labute approximate surface area is 285 Å². The summed E-state index contributed by atoms with van der Waals surface area (Å²) in [6.45, 7) is 4.54. The lowest BCUT2D eigenvalue weighted by Gasteiger charge is -2.35. The average molecular weight is 630 g/mol. The van der Waals surface area contributed by atoms with E-state index in [0.29, 0.717) is 5.56 Å². The summed E-state index contributed by atoms with van der Waals surface area (Å²) in [6, 6.07) is 52.9. The molecule has 2 aromatic heterocycles. The van der Waals surface area contributed by atoms with E-state index in [1.807, 2.05) is 42.6 Å². The Morgan fingerprint density at radius 1 is 0.571 bits per heavy atom. The third-order valence-corrected chi connectivity index (χ3v) is 9.95. The van der Waals surface area contributed by atoms with Crippen molar-refractivity contribution in [2.24, 2.45) is 0 Å². The lowest BCUT2D eigenvalue weighted by Crippen LogP contribution is -2.24. The average Bonchev–Trinajstić information content (AvgIpc) is 3.48. The van der Waals surface area contributed by atoms with Crippen molar-refractivity contribution < 1.29 is 4.74 Å². The zero-order valence-corrected chi connectivity index (χ0v) is 27.2. The maximum Gasteiger partial charge on any atom is 0.132 e. The standard InChI is InChI=1S/C45H31N3O/c1-45(2)38-19-16-33(30-12-14-31(15-13-30)40-10-6-7-23-47-40)26-43(38)49-44-27-34(17-20-39(44)45)32-18-22-42-37(25-32)36-24-29(28-46)11-21-41(36)48(42)35-8-4-3-5-9-35/h3-27H,1-2H3. The summed E-state index contributed by atoms with van der Waals surface area (Å²) in [5.74, 6) is 1.75. The molecule has 0 unspecified atom stereocenters. The van der Waals surface area contributed by atoms with E-state index in [-0.39, 0.29) is 5.41 Å². The van der Waals surface area contributed by atoms with Crippen LogP contribution in [0.15, 0.2) is 152 Å². The molecular weight excluding hydrogens is 599 g/mol. The summed E-state index contributed by atoms with van der Waals surface area (Å²) in [7, 11) is 0. The molecule has 6 aromatic carbocycles. The van der Waals surface area contributed by atoms with Gasteiger partial charge in [0.15, 0.2) is 0 Å². The first-order valence-corrected chi connectivity index (χ1v) is 16.5. The smallest absolute Gasteiger partial charge is 0.132 e. The van der Waals surface area contributed by atoms with Gasteiger partial charge in [-0.05, 0) is 89.0 Å². The van der Waals surface area contributed by atoms with E-state index in [1.165, 1.54) is 5.56 Å². The summed E-state index contributed by atoms with van der Waals surface area (Å²) >= 11 is 0. The fourth-order valence-corrected chi connectivity index (χ4v) is 7.36. The van der Waals surface area contributed by atoms with Crippen molar-refractivity contribution in [2.75, 3.05) is 0 Å². The van der Waals surface area contributed by atoms with Crippen LogP contribution in [0.25, 0.3) is 61.0 Å². The van der Waals surface area contributed by atoms with Crippen LogP contribution in [0.2, 0.25) is 0 Å². The fraction of sp³-hybridized carbons (Fsp3) is 0.0667. The van der Waals surface area contributed by atoms with Crippen LogP contribution in [-0.4, -0.2) is 9.55 Å². The molecule has 1 aliphatic heterocycles. The molecule has 3 heterocycles. The molecule has 0 spiro atoms. The maximum absolute atomic E-state index is 9.71. The molecule has 0 amide bonds. The predicted octanol–water partition coefficient (Wildman–Crippen LogP) is 11.5. The topological polar surface area (TPSA) is 50.8 Å². The van der Waals surface area contributed by atoms with Crippen LogP contribution in [0.3, 0.4) is 0 Å². The number of nitriles is 1. The van der Waals surface area contributed by atoms with Crippen LogP contribution >= 0.6 is 0 Å². The SMILES string of the molecule is CC1(C)c2ccc(-c3ccc(-c4ccccn4)cc3)cc2Oc2cc(-c3ccc4c(c3)c3cc(C#N)ccc3n4-c3ccccc3)ccc21. The molecule has 1 aliphatic rings. The van der Waals surface area contributed by atoms with Crippen molar-refractivity contribution in [2.45, 2.75) is 19.3 Å². The second-order valence-electron chi connectivity index (χ2n) is 13.2. The fourth-order valence-electron chi connectivity index (χ4n) is 7.36. The Morgan fingerprint density at radius 2 is 1.14 bits per heavy atom. The van der Waals surface area contributed by atoms with E-state index in [4.69, 9.17) is 4.74 Å². The minimum atomic E-state index is -0.233. The third kappa shape index (κ3) is 4.71. The lowest BCUT2D eigenvalue weighted by molar-refractivity contribution is 0.418. The maximum atomic E-state index is 9.71. The molecule has 0 bridgehead atoms. The Morgan fingerprint density at radius 3 is 1.82 bits per heavy atom. The highest BCUT2D eigenvalue weighted by molar-refractivity contribution is 6.11. The van der Waals surface area contributed by atoms with Crippen LogP contribution in [0.4, 0.5) is 0 Å². The van der Waals surface area contributed by atoms with Gasteiger partial charge in [-0.15, -0.1) is 0 Å². The van der Waals surface area contributed by atoms with Gasteiger partial charge in [-0.1, -0.05) is 92.7 Å². The van der Waals surface area contributed by atoms with Crippen molar-refractivity contribution in [1.82, 2.24) is 9.55 Å². The van der Waals surface area contributed by atoms with Crippen molar-refractivity contribution in [3.63, 3.8) is 0 Å². The first-order chi connectivity index (χ1) is 24.0. The molecule has 4 nitrogen and oxygen atoms in total. The van der Waals surface area contributed by atoms with Gasteiger partial charge in [-0.3, -0.25) is 4.98 Å². The van der Waals surface area contributed by atoms with Crippen molar-refractivity contribution in [3.8, 4) is 56.8 Å². The quantitative estimate of drug-likeness (QED) is 0.195. The van der Waals surface area contributed by atoms with Crippen LogP contribution in [-0.2, 0) is 5.41 Å². The Bertz CT molecular complexity index is 2590. The molecular formula is C45H31N3O. The van der Waals surface area contributed by atoms with E-state index in [0.717, 1.165) is 78.1 Å². The molecule has 9 rings (SSSR count). The largest absolute Gasteiger partial charge is 0.457 e. The number of para-hydroxylation sites is 1. The number of hydrogen-bond donors (Lipinski definition) is 0. The molecule has 8 aromatic rings. The minimum Gasteiger partial charge on any atom is -0.457 e. The predicted molar refractivity (Wildman–Crippen MR) is 198 cm³/mol. The highest BCUT2D eigenvalue weighted by atomic mass is 16.5. The zero-order valence-electron chi connectivity index (χ0n) is 27.2. The van der Waals surface area contributed by atoms with Crippen LogP contribution < -0.4 is 4.74 Å². The van der Waals surface area contributed by atoms with Gasteiger partial charge in [0.2, 0.25) is 0 Å². The van der Waals surface area contributed by atoms with Crippen molar-refractivity contribution in [3.05, 3.63) is 168 Å². The van der Waals surface area contributed by atoms with Gasteiger partial charge in [-0.2, -0.15) is 5.26 Å². The van der Waals surface area contributed by atoms with Gasteiger partial charge >= 0.3 is 0 Å². The van der Waals surface area contributed by atoms with Gasteiger partial charge in [0, 0.05) is 44.8 Å². The zero-order chi connectivity index (χ0) is 33.1. The molecule has 4 heteroatoms. The Balaban J connectivity index is 1.11. The summed E-state index contributed by atoms with van der Waals surface area (Å²) < 4.78 is 9.00. The monoisotopic (exact) mass is 629 g/mol. The van der Waals surface area contributed by atoms with Gasteiger partial charge in [0.05, 0.1) is 28.4 Å². The number of rotatable bonds is 4. The normalized spacial score (nSPS) is 13.0. The number of aromatic nitrogens is 2. The van der Waals surface area contributed by atoms with E-state index in [2.05, 4.69) is 139 Å². The number of ether oxygens (including phenoxy) is 1. The summed E-state index contributed by atoms with van der Waals surface area (Å²) in [5, 5.41) is 11.9. The first kappa shape index (κ1) is 28.8. The van der Waals surface area contributed by atoms with E-state index in [9.17, 15) is 5.26 Å². The molecule has 0 saturated carbocycles. The van der Waals surface area contributed by atoms with E-state index >= 15 is 0 Å². The molecule has 0 N–H and O–H groups in total. The molecule has 0 fully saturated rings. The third-order valence-electron chi connectivity index (χ3n) is 9.95. The number of hydrogen-bond acceptors (Lipinski definition) is 3. The first-order valence-electron chi connectivity index (χ1n) is 16.5. The number of nitrogens with zero attached hydrogens (tertiary/aromatic N) is 3. The molecule has 0 radical (unpaired) electrons. The number of benzene rings is 6. The van der Waals surface area contributed by atoms with Gasteiger partial charge < -0.3 is 9.30 Å². The lowest BCUT2D eigenvalue weighted by atomic mass is 9.75. The van der Waals surface area contributed by atoms with Crippen molar-refractivity contribution >= 4 is 21.8 Å². The van der Waals surface area contributed by atoms with Crippen LogP contribution in [0.1, 0.15) is 30.5 Å². The number of fused-ring (bicyclic) bond motifs is 5.